The molecule has 112 valence electrons. The third kappa shape index (κ3) is 4.24. The highest BCUT2D eigenvalue weighted by Crippen LogP contribution is 2.26. The molecular formula is C11H10BrN3O4S2. The second-order valence-corrected chi connectivity index (χ2v) is 6.68. The lowest BCUT2D eigenvalue weighted by Gasteiger charge is -2.14. The summed E-state index contributed by atoms with van der Waals surface area (Å²) >= 11 is 5.89. The van der Waals surface area contributed by atoms with Crippen molar-refractivity contribution in [1.82, 2.24) is 10.5 Å². The van der Waals surface area contributed by atoms with Gasteiger partial charge in [0.15, 0.2) is 5.13 Å². The molecule has 0 fully saturated rings. The highest BCUT2D eigenvalue weighted by Gasteiger charge is 2.20. The lowest BCUT2D eigenvalue weighted by atomic mass is 10.3. The van der Waals surface area contributed by atoms with E-state index in [9.17, 15) is 14.7 Å². The average Bonchev–Trinajstić information content (AvgIpc) is 3.04. The van der Waals surface area contributed by atoms with Gasteiger partial charge in [-0.25, -0.2) is 20.2 Å². The number of thiophene rings is 1. The molecule has 0 aromatic carbocycles. The van der Waals surface area contributed by atoms with Gasteiger partial charge in [0.1, 0.15) is 0 Å². The van der Waals surface area contributed by atoms with Crippen LogP contribution in [0.1, 0.15) is 10.6 Å². The SMILES string of the molecule is O=C(Cc1csc(N(Cc2cc(Br)cs2)C(=O)O)n1)NO. The maximum absolute atomic E-state index is 11.4. The van der Waals surface area contributed by atoms with Crippen molar-refractivity contribution in [1.29, 1.82) is 0 Å². The number of anilines is 1. The quantitative estimate of drug-likeness (QED) is 0.536. The summed E-state index contributed by atoms with van der Waals surface area (Å²) in [6.45, 7) is 0.185. The van der Waals surface area contributed by atoms with Crippen LogP contribution >= 0.6 is 38.6 Å². The molecule has 0 saturated carbocycles. The molecule has 0 radical (unpaired) electrons. The predicted molar refractivity (Wildman–Crippen MR) is 82.0 cm³/mol. The fourth-order valence-electron chi connectivity index (χ4n) is 1.52. The highest BCUT2D eigenvalue weighted by molar-refractivity contribution is 9.10. The third-order valence-corrected chi connectivity index (χ3v) is 5.00. The molecule has 10 heteroatoms. The van der Waals surface area contributed by atoms with Gasteiger partial charge in [-0.05, 0) is 22.0 Å². The lowest BCUT2D eigenvalue weighted by Crippen LogP contribution is -2.28. The van der Waals surface area contributed by atoms with Crippen LogP contribution in [0.15, 0.2) is 21.3 Å². The van der Waals surface area contributed by atoms with E-state index >= 15 is 0 Å². The van der Waals surface area contributed by atoms with Crippen molar-refractivity contribution >= 4 is 55.7 Å². The second-order valence-electron chi connectivity index (χ2n) is 3.93. The maximum atomic E-state index is 11.4. The molecular weight excluding hydrogens is 382 g/mol. The van der Waals surface area contributed by atoms with Crippen molar-refractivity contribution in [3.05, 3.63) is 31.9 Å². The Bertz CT molecular complexity index is 657. The molecule has 2 heterocycles. The third-order valence-electron chi connectivity index (χ3n) is 2.40. The molecule has 0 bridgehead atoms. The number of halogens is 1. The summed E-state index contributed by atoms with van der Waals surface area (Å²) in [6.07, 6.45) is -1.22. The van der Waals surface area contributed by atoms with Crippen LogP contribution in [0.2, 0.25) is 0 Å². The molecule has 0 atom stereocenters. The first-order chi connectivity index (χ1) is 9.99. The first-order valence-corrected chi connectivity index (χ1v) is 8.15. The molecule has 3 N–H and O–H groups in total. The van der Waals surface area contributed by atoms with Crippen molar-refractivity contribution in [2.24, 2.45) is 0 Å². The fourth-order valence-corrected chi connectivity index (χ4v) is 3.77. The molecule has 21 heavy (non-hydrogen) atoms. The van der Waals surface area contributed by atoms with E-state index in [0.717, 1.165) is 25.6 Å². The number of carbonyl (C=O) groups is 2. The molecule has 0 spiro atoms. The highest BCUT2D eigenvalue weighted by atomic mass is 79.9. The number of hydrogen-bond donors (Lipinski definition) is 3. The normalized spacial score (nSPS) is 10.4. The minimum Gasteiger partial charge on any atom is -0.465 e. The van der Waals surface area contributed by atoms with Gasteiger partial charge in [0.05, 0.1) is 18.7 Å². The zero-order chi connectivity index (χ0) is 15.4. The monoisotopic (exact) mass is 391 g/mol. The summed E-state index contributed by atoms with van der Waals surface area (Å²) in [5.41, 5.74) is 1.91. The fraction of sp³-hybridized carbons (Fsp3) is 0.182. The molecule has 2 aromatic heterocycles. The van der Waals surface area contributed by atoms with Gasteiger partial charge in [0.2, 0.25) is 5.91 Å². The lowest BCUT2D eigenvalue weighted by molar-refractivity contribution is -0.128. The Morgan fingerprint density at radius 3 is 2.71 bits per heavy atom. The van der Waals surface area contributed by atoms with E-state index in [1.165, 1.54) is 16.8 Å². The smallest absolute Gasteiger partial charge is 0.413 e. The summed E-state index contributed by atoms with van der Waals surface area (Å²) in [5.74, 6) is -0.601. The number of carboxylic acid groups (broad SMARTS) is 1. The first-order valence-electron chi connectivity index (χ1n) is 5.60. The number of nitrogens with one attached hydrogen (secondary N) is 1. The molecule has 2 amide bonds. The van der Waals surface area contributed by atoms with Crippen molar-refractivity contribution in [3.8, 4) is 0 Å². The molecule has 0 unspecified atom stereocenters. The molecule has 0 aliphatic carbocycles. The minimum absolute atomic E-state index is 0.106. The van der Waals surface area contributed by atoms with E-state index in [1.807, 2.05) is 11.4 Å². The van der Waals surface area contributed by atoms with E-state index in [1.54, 1.807) is 5.38 Å². The maximum Gasteiger partial charge on any atom is 0.413 e. The van der Waals surface area contributed by atoms with Crippen LogP contribution in [0.4, 0.5) is 9.93 Å². The number of thiazole rings is 1. The summed E-state index contributed by atoms with van der Waals surface area (Å²) < 4.78 is 0.896. The minimum atomic E-state index is -1.12. The number of hydrogen-bond acceptors (Lipinski definition) is 6. The van der Waals surface area contributed by atoms with Gasteiger partial charge in [0, 0.05) is 20.1 Å². The van der Waals surface area contributed by atoms with Gasteiger partial charge in [-0.3, -0.25) is 10.0 Å². The summed E-state index contributed by atoms with van der Waals surface area (Å²) in [4.78, 5) is 28.5. The van der Waals surface area contributed by atoms with Crippen LogP contribution in [0.5, 0.6) is 0 Å². The van der Waals surface area contributed by atoms with Gasteiger partial charge in [-0.1, -0.05) is 0 Å². The number of amides is 2. The zero-order valence-corrected chi connectivity index (χ0v) is 13.7. The van der Waals surface area contributed by atoms with Gasteiger partial charge >= 0.3 is 6.09 Å². The molecule has 0 saturated heterocycles. The van der Waals surface area contributed by atoms with Crippen molar-refractivity contribution in [2.75, 3.05) is 4.90 Å². The van der Waals surface area contributed by atoms with E-state index in [0.29, 0.717) is 5.69 Å². The Balaban J connectivity index is 2.15. The number of nitrogens with zero attached hydrogens (tertiary/aromatic N) is 2. The second kappa shape index (κ2) is 6.98. The Morgan fingerprint density at radius 1 is 1.38 bits per heavy atom. The summed E-state index contributed by atoms with van der Waals surface area (Å²) in [5, 5.41) is 21.5. The van der Waals surface area contributed by atoms with Crippen LogP contribution < -0.4 is 10.4 Å². The Hall–Kier alpha value is -1.49. The van der Waals surface area contributed by atoms with E-state index < -0.39 is 12.0 Å². The van der Waals surface area contributed by atoms with Crippen LogP contribution in [0.3, 0.4) is 0 Å². The van der Waals surface area contributed by atoms with Crippen molar-refractivity contribution in [3.63, 3.8) is 0 Å². The first kappa shape index (κ1) is 15.9. The van der Waals surface area contributed by atoms with Crippen LogP contribution in [-0.2, 0) is 17.8 Å². The number of aromatic nitrogens is 1. The topological polar surface area (TPSA) is 103 Å². The van der Waals surface area contributed by atoms with E-state index in [-0.39, 0.29) is 18.1 Å². The van der Waals surface area contributed by atoms with Gasteiger partial charge in [0.25, 0.3) is 0 Å². The molecule has 2 aromatic rings. The number of hydroxylamine groups is 1. The molecule has 0 aliphatic rings. The van der Waals surface area contributed by atoms with Crippen molar-refractivity contribution < 1.29 is 19.9 Å². The van der Waals surface area contributed by atoms with E-state index in [4.69, 9.17) is 5.21 Å². The number of rotatable bonds is 5. The van der Waals surface area contributed by atoms with Gasteiger partial charge in [-0.2, -0.15) is 0 Å². The van der Waals surface area contributed by atoms with Crippen LogP contribution in [0.25, 0.3) is 0 Å². The summed E-state index contributed by atoms with van der Waals surface area (Å²) in [6, 6.07) is 1.84. The summed E-state index contributed by atoms with van der Waals surface area (Å²) in [7, 11) is 0. The standard InChI is InChI=1S/C11H10BrN3O4S2/c12-6-1-8(20-4-6)3-15(11(17)18)10-13-7(5-21-10)2-9(16)14-19/h1,4-5,19H,2-3H2,(H,14,16)(H,17,18). The Labute approximate surface area is 135 Å². The molecule has 7 nitrogen and oxygen atoms in total. The number of carbonyl (C=O) groups excluding carboxylic acids is 1. The Morgan fingerprint density at radius 2 is 2.14 bits per heavy atom. The molecule has 0 aliphatic heterocycles. The Kier molecular flexibility index (Phi) is 5.28. The average molecular weight is 392 g/mol. The van der Waals surface area contributed by atoms with Gasteiger partial charge in [-0.15, -0.1) is 22.7 Å². The zero-order valence-electron chi connectivity index (χ0n) is 10.4. The van der Waals surface area contributed by atoms with E-state index in [2.05, 4.69) is 20.9 Å². The van der Waals surface area contributed by atoms with Crippen LogP contribution in [0, 0.1) is 0 Å². The van der Waals surface area contributed by atoms with Crippen molar-refractivity contribution in [2.45, 2.75) is 13.0 Å². The van der Waals surface area contributed by atoms with Gasteiger partial charge < -0.3 is 5.11 Å². The largest absolute Gasteiger partial charge is 0.465 e. The van der Waals surface area contributed by atoms with Crippen LogP contribution in [-0.4, -0.2) is 27.3 Å². The molecule has 2 rings (SSSR count). The predicted octanol–water partition coefficient (Wildman–Crippen LogP) is 2.70.